The number of ether oxygens (including phenoxy) is 3. The second-order valence-corrected chi connectivity index (χ2v) is 8.79. The zero-order valence-electron chi connectivity index (χ0n) is 16.9. The molecule has 0 spiro atoms. The number of Topliss-reactive ketones (excluding diaryl/α,β-unsaturated/α-hetero) is 1. The van der Waals surface area contributed by atoms with Crippen LogP contribution in [0.4, 0.5) is 0 Å². The maximum Gasteiger partial charge on any atom is 0.309 e. The zero-order chi connectivity index (χ0) is 19.8. The average molecular weight is 380 g/mol. The Morgan fingerprint density at radius 2 is 1.74 bits per heavy atom. The van der Waals surface area contributed by atoms with Gasteiger partial charge in [0.05, 0.1) is 13.0 Å². The van der Waals surface area contributed by atoms with E-state index < -0.39 is 0 Å². The summed E-state index contributed by atoms with van der Waals surface area (Å²) >= 11 is 0. The molecule has 1 unspecified atom stereocenters. The number of rotatable bonds is 5. The summed E-state index contributed by atoms with van der Waals surface area (Å²) in [6, 6.07) is 0. The minimum atomic E-state index is -0.381. The Morgan fingerprint density at radius 1 is 1.00 bits per heavy atom. The standard InChI is InChI=1S/C21H32O6/c1-12(22)27-18-8-7-16-13-5-6-15(17(23)11-25-3)19(20(24)26-4)14(13)9-10-21(16,18)2/h13-16,18-19H,5-11H2,1-4H3/t13-,14+,15?,16+,18+,19-,21+/m1/s1. The molecule has 7 atom stereocenters. The van der Waals surface area contributed by atoms with E-state index in [0.717, 1.165) is 32.1 Å². The van der Waals surface area contributed by atoms with Gasteiger partial charge in [-0.1, -0.05) is 6.92 Å². The number of carbonyl (C=O) groups excluding carboxylic acids is 3. The minimum Gasteiger partial charge on any atom is -0.469 e. The van der Waals surface area contributed by atoms with E-state index in [0.29, 0.717) is 18.3 Å². The molecule has 27 heavy (non-hydrogen) atoms. The van der Waals surface area contributed by atoms with Crippen molar-refractivity contribution < 1.29 is 28.6 Å². The summed E-state index contributed by atoms with van der Waals surface area (Å²) in [6.45, 7) is 3.76. The van der Waals surface area contributed by atoms with Gasteiger partial charge in [-0.25, -0.2) is 0 Å². The van der Waals surface area contributed by atoms with Crippen molar-refractivity contribution in [3.05, 3.63) is 0 Å². The van der Waals surface area contributed by atoms with Crippen LogP contribution in [0.25, 0.3) is 0 Å². The van der Waals surface area contributed by atoms with Gasteiger partial charge in [0.25, 0.3) is 0 Å². The van der Waals surface area contributed by atoms with Crippen LogP contribution in [0, 0.1) is 35.0 Å². The van der Waals surface area contributed by atoms with Crippen LogP contribution in [0.3, 0.4) is 0 Å². The van der Waals surface area contributed by atoms with Gasteiger partial charge in [0, 0.05) is 25.4 Å². The van der Waals surface area contributed by atoms with E-state index in [4.69, 9.17) is 14.2 Å². The number of carbonyl (C=O) groups is 3. The van der Waals surface area contributed by atoms with Gasteiger partial charge < -0.3 is 14.2 Å². The van der Waals surface area contributed by atoms with Crippen LogP contribution in [0.1, 0.15) is 52.4 Å². The highest BCUT2D eigenvalue weighted by molar-refractivity contribution is 5.88. The van der Waals surface area contributed by atoms with Crippen molar-refractivity contribution in [3.8, 4) is 0 Å². The maximum atomic E-state index is 12.6. The molecule has 0 amide bonds. The molecular weight excluding hydrogens is 348 g/mol. The van der Waals surface area contributed by atoms with Gasteiger partial charge in [0.2, 0.25) is 0 Å². The Balaban J connectivity index is 1.84. The van der Waals surface area contributed by atoms with Crippen molar-refractivity contribution in [2.24, 2.45) is 35.0 Å². The Bertz CT molecular complexity index is 601. The first-order valence-electron chi connectivity index (χ1n) is 10.1. The summed E-state index contributed by atoms with van der Waals surface area (Å²) in [6.07, 6.45) is 5.28. The van der Waals surface area contributed by atoms with Crippen molar-refractivity contribution in [3.63, 3.8) is 0 Å². The number of hydrogen-bond acceptors (Lipinski definition) is 6. The quantitative estimate of drug-likeness (QED) is 0.683. The van der Waals surface area contributed by atoms with Crippen LogP contribution < -0.4 is 0 Å². The largest absolute Gasteiger partial charge is 0.469 e. The van der Waals surface area contributed by atoms with Gasteiger partial charge in [-0.15, -0.1) is 0 Å². The van der Waals surface area contributed by atoms with E-state index in [1.807, 2.05) is 0 Å². The maximum absolute atomic E-state index is 12.6. The van der Waals surface area contributed by atoms with E-state index in [1.165, 1.54) is 21.1 Å². The highest BCUT2D eigenvalue weighted by Gasteiger charge is 2.59. The predicted octanol–water partition coefficient (Wildman–Crippen LogP) is 2.78. The average Bonchev–Trinajstić information content (AvgIpc) is 2.96. The summed E-state index contributed by atoms with van der Waals surface area (Å²) in [5, 5.41) is 0. The number of fused-ring (bicyclic) bond motifs is 3. The summed E-state index contributed by atoms with van der Waals surface area (Å²) in [7, 11) is 2.92. The van der Waals surface area contributed by atoms with E-state index in [1.54, 1.807) is 0 Å². The molecule has 3 aliphatic carbocycles. The topological polar surface area (TPSA) is 78.9 Å². The molecule has 3 aliphatic rings. The number of methoxy groups -OCH3 is 2. The molecule has 0 N–H and O–H groups in total. The molecule has 6 nitrogen and oxygen atoms in total. The van der Waals surface area contributed by atoms with E-state index >= 15 is 0 Å². The van der Waals surface area contributed by atoms with Crippen molar-refractivity contribution >= 4 is 17.7 Å². The molecule has 0 radical (unpaired) electrons. The van der Waals surface area contributed by atoms with Crippen molar-refractivity contribution in [2.75, 3.05) is 20.8 Å². The van der Waals surface area contributed by atoms with Crippen molar-refractivity contribution in [1.29, 1.82) is 0 Å². The van der Waals surface area contributed by atoms with Crippen molar-refractivity contribution in [1.82, 2.24) is 0 Å². The molecule has 0 aromatic rings. The molecule has 3 rings (SSSR count). The summed E-state index contributed by atoms with van der Waals surface area (Å²) in [4.78, 5) is 36.7. The van der Waals surface area contributed by atoms with Crippen LogP contribution in [0.2, 0.25) is 0 Å². The van der Waals surface area contributed by atoms with E-state index in [-0.39, 0.29) is 53.6 Å². The van der Waals surface area contributed by atoms with Gasteiger partial charge in [-0.05, 0) is 56.3 Å². The Hall–Kier alpha value is -1.43. The molecular formula is C21H32O6. The fourth-order valence-electron chi connectivity index (χ4n) is 6.46. The van der Waals surface area contributed by atoms with Gasteiger partial charge in [0.15, 0.2) is 5.78 Å². The Labute approximate surface area is 161 Å². The van der Waals surface area contributed by atoms with Crippen LogP contribution in [-0.4, -0.2) is 44.7 Å². The van der Waals surface area contributed by atoms with Crippen LogP contribution >= 0.6 is 0 Å². The molecule has 6 heteroatoms. The fourth-order valence-corrected chi connectivity index (χ4v) is 6.46. The highest BCUT2D eigenvalue weighted by atomic mass is 16.5. The Kier molecular flexibility index (Phi) is 5.94. The zero-order valence-corrected chi connectivity index (χ0v) is 16.9. The van der Waals surface area contributed by atoms with Crippen LogP contribution in [0.15, 0.2) is 0 Å². The van der Waals surface area contributed by atoms with Crippen LogP contribution in [0.5, 0.6) is 0 Å². The molecule has 3 saturated carbocycles. The second-order valence-electron chi connectivity index (χ2n) is 8.79. The number of hydrogen-bond donors (Lipinski definition) is 0. The minimum absolute atomic E-state index is 0.00361. The first kappa shape index (κ1) is 20.3. The van der Waals surface area contributed by atoms with Crippen molar-refractivity contribution in [2.45, 2.75) is 58.5 Å². The predicted molar refractivity (Wildman–Crippen MR) is 97.7 cm³/mol. The molecule has 0 bridgehead atoms. The molecule has 0 saturated heterocycles. The van der Waals surface area contributed by atoms with Gasteiger partial charge in [-0.3, -0.25) is 14.4 Å². The third-order valence-corrected chi connectivity index (χ3v) is 7.59. The van der Waals surface area contributed by atoms with E-state index in [9.17, 15) is 14.4 Å². The summed E-state index contributed by atoms with van der Waals surface area (Å²) in [5.41, 5.74) is -0.0309. The molecule has 3 fully saturated rings. The number of esters is 2. The lowest BCUT2D eigenvalue weighted by Gasteiger charge is -2.53. The fraction of sp³-hybridized carbons (Fsp3) is 0.857. The Morgan fingerprint density at radius 3 is 2.37 bits per heavy atom. The summed E-state index contributed by atoms with van der Waals surface area (Å²) in [5.74, 6) is -0.216. The molecule has 0 heterocycles. The third kappa shape index (κ3) is 3.53. The van der Waals surface area contributed by atoms with Crippen LogP contribution in [-0.2, 0) is 28.6 Å². The lowest BCUT2D eigenvalue weighted by molar-refractivity contribution is -0.166. The smallest absolute Gasteiger partial charge is 0.309 e. The van der Waals surface area contributed by atoms with E-state index in [2.05, 4.69) is 6.92 Å². The second kappa shape index (κ2) is 7.90. The third-order valence-electron chi connectivity index (χ3n) is 7.59. The SMILES string of the molecule is COCC(=O)C1CC[C@@H]2[C@H](CC[C@]3(C)[C@@H](OC(C)=O)CC[C@@H]23)[C@H]1C(=O)OC. The van der Waals surface area contributed by atoms with Gasteiger partial charge in [-0.2, -0.15) is 0 Å². The molecule has 0 aromatic carbocycles. The van der Waals surface area contributed by atoms with Gasteiger partial charge >= 0.3 is 11.9 Å². The molecule has 152 valence electrons. The monoisotopic (exact) mass is 380 g/mol. The highest BCUT2D eigenvalue weighted by Crippen LogP contribution is 2.61. The normalized spacial score (nSPS) is 40.6. The first-order chi connectivity index (χ1) is 12.8. The van der Waals surface area contributed by atoms with Gasteiger partial charge in [0.1, 0.15) is 12.7 Å². The summed E-state index contributed by atoms with van der Waals surface area (Å²) < 4.78 is 15.8. The first-order valence-corrected chi connectivity index (χ1v) is 10.1. The number of ketones is 1. The lowest BCUT2D eigenvalue weighted by Crippen LogP contribution is -2.52. The lowest BCUT2D eigenvalue weighted by atomic mass is 9.52. The molecule has 0 aromatic heterocycles. The molecule has 0 aliphatic heterocycles.